The molecule has 0 unspecified atom stereocenters. The second kappa shape index (κ2) is 4.21. The fourth-order valence-electron chi connectivity index (χ4n) is 1.85. The zero-order chi connectivity index (χ0) is 12.5. The number of aromatic nitrogens is 2. The fraction of sp³-hybridized carbons (Fsp3) is 0.333. The van der Waals surface area contributed by atoms with Gasteiger partial charge < -0.3 is 18.9 Å². The largest absolute Gasteiger partial charge is 0.494 e. The van der Waals surface area contributed by atoms with Gasteiger partial charge >= 0.3 is 0 Å². The van der Waals surface area contributed by atoms with Crippen molar-refractivity contribution < 1.29 is 18.9 Å². The molecule has 3 rings (SSSR count). The lowest BCUT2D eigenvalue weighted by Gasteiger charge is -2.17. The van der Waals surface area contributed by atoms with Gasteiger partial charge in [-0.1, -0.05) is 0 Å². The third-order valence-electron chi connectivity index (χ3n) is 2.69. The van der Waals surface area contributed by atoms with Gasteiger partial charge in [0.05, 0.1) is 14.2 Å². The summed E-state index contributed by atoms with van der Waals surface area (Å²) in [5.74, 6) is 2.02. The number of rotatable bonds is 2. The van der Waals surface area contributed by atoms with Gasteiger partial charge in [-0.3, -0.25) is 0 Å². The molecule has 18 heavy (non-hydrogen) atoms. The second-order valence-electron chi connectivity index (χ2n) is 3.70. The maximum absolute atomic E-state index is 5.41. The molecule has 0 atom stereocenters. The Kier molecular flexibility index (Phi) is 2.55. The first-order valence-corrected chi connectivity index (χ1v) is 5.52. The highest BCUT2D eigenvalue weighted by molar-refractivity contribution is 5.87. The standard InChI is InChI=1S/C12H12N2O4/c1-15-7-3-4-8(16-2)10-9(7)13-11-12(14-10)18-6-5-17-11/h3-4H,5-6H2,1-2H3. The van der Waals surface area contributed by atoms with E-state index in [4.69, 9.17) is 18.9 Å². The zero-order valence-electron chi connectivity index (χ0n) is 10.1. The molecule has 0 N–H and O–H groups in total. The Labute approximate surface area is 103 Å². The molecule has 0 amide bonds. The Morgan fingerprint density at radius 3 is 1.72 bits per heavy atom. The van der Waals surface area contributed by atoms with Crippen molar-refractivity contribution >= 4 is 11.0 Å². The molecule has 94 valence electrons. The first kappa shape index (κ1) is 10.9. The SMILES string of the molecule is COc1ccc(OC)c2nc3c(nc12)OCCO3. The maximum Gasteiger partial charge on any atom is 0.278 e. The number of benzene rings is 1. The van der Waals surface area contributed by atoms with E-state index in [1.807, 2.05) is 0 Å². The van der Waals surface area contributed by atoms with E-state index in [0.29, 0.717) is 47.5 Å². The quantitative estimate of drug-likeness (QED) is 0.800. The molecule has 1 aromatic carbocycles. The summed E-state index contributed by atoms with van der Waals surface area (Å²) in [6.07, 6.45) is 0. The second-order valence-corrected chi connectivity index (χ2v) is 3.70. The van der Waals surface area contributed by atoms with Crippen LogP contribution in [0.25, 0.3) is 11.0 Å². The third kappa shape index (κ3) is 1.57. The van der Waals surface area contributed by atoms with E-state index in [9.17, 15) is 0 Å². The fourth-order valence-corrected chi connectivity index (χ4v) is 1.85. The van der Waals surface area contributed by atoms with Crippen LogP contribution in [-0.4, -0.2) is 37.4 Å². The Morgan fingerprint density at radius 2 is 1.33 bits per heavy atom. The van der Waals surface area contributed by atoms with Gasteiger partial charge in [0.2, 0.25) is 0 Å². The first-order chi connectivity index (χ1) is 8.83. The predicted octanol–water partition coefficient (Wildman–Crippen LogP) is 1.42. The van der Waals surface area contributed by atoms with Crippen LogP contribution in [0.15, 0.2) is 12.1 Å². The van der Waals surface area contributed by atoms with Crippen LogP contribution >= 0.6 is 0 Å². The van der Waals surface area contributed by atoms with Gasteiger partial charge in [-0.25, -0.2) is 9.97 Å². The van der Waals surface area contributed by atoms with Crippen LogP contribution in [0.5, 0.6) is 23.3 Å². The minimum absolute atomic E-state index is 0.389. The summed E-state index contributed by atoms with van der Waals surface area (Å²) in [5, 5.41) is 0. The number of ether oxygens (including phenoxy) is 4. The first-order valence-electron chi connectivity index (χ1n) is 5.52. The van der Waals surface area contributed by atoms with Gasteiger partial charge in [0.1, 0.15) is 35.7 Å². The molecule has 6 heteroatoms. The summed E-state index contributed by atoms with van der Waals surface area (Å²) in [7, 11) is 3.17. The number of hydrogen-bond donors (Lipinski definition) is 0. The lowest BCUT2D eigenvalue weighted by atomic mass is 10.2. The Balaban J connectivity index is 2.30. The molecule has 2 aromatic rings. The summed E-state index contributed by atoms with van der Waals surface area (Å²) < 4.78 is 21.3. The van der Waals surface area contributed by atoms with Gasteiger partial charge in [0.15, 0.2) is 0 Å². The van der Waals surface area contributed by atoms with E-state index in [-0.39, 0.29) is 0 Å². The van der Waals surface area contributed by atoms with Crippen molar-refractivity contribution in [2.24, 2.45) is 0 Å². The topological polar surface area (TPSA) is 62.7 Å². The van der Waals surface area contributed by atoms with E-state index in [1.165, 1.54) is 0 Å². The van der Waals surface area contributed by atoms with Crippen LogP contribution in [0.2, 0.25) is 0 Å². The summed E-state index contributed by atoms with van der Waals surface area (Å²) in [6.45, 7) is 0.943. The minimum atomic E-state index is 0.389. The lowest BCUT2D eigenvalue weighted by Crippen LogP contribution is -2.17. The molecule has 1 aliphatic rings. The van der Waals surface area contributed by atoms with E-state index < -0.39 is 0 Å². The van der Waals surface area contributed by atoms with Gasteiger partial charge in [-0.2, -0.15) is 0 Å². The summed E-state index contributed by atoms with van der Waals surface area (Å²) in [6, 6.07) is 3.57. The molecule has 0 saturated carbocycles. The molecule has 0 spiro atoms. The van der Waals surface area contributed by atoms with E-state index in [0.717, 1.165) is 0 Å². The molecule has 2 heterocycles. The third-order valence-corrected chi connectivity index (χ3v) is 2.69. The van der Waals surface area contributed by atoms with E-state index in [1.54, 1.807) is 26.4 Å². The molecule has 0 aliphatic carbocycles. The van der Waals surface area contributed by atoms with Crippen molar-refractivity contribution in [2.75, 3.05) is 27.4 Å². The molecule has 0 radical (unpaired) electrons. The van der Waals surface area contributed by atoms with Crippen LogP contribution in [0.1, 0.15) is 0 Å². The van der Waals surface area contributed by atoms with E-state index in [2.05, 4.69) is 9.97 Å². The lowest BCUT2D eigenvalue weighted by molar-refractivity contribution is 0.158. The van der Waals surface area contributed by atoms with Crippen LogP contribution in [0, 0.1) is 0 Å². The van der Waals surface area contributed by atoms with E-state index >= 15 is 0 Å². The molecule has 6 nitrogen and oxygen atoms in total. The molecule has 1 aromatic heterocycles. The molecular weight excluding hydrogens is 236 g/mol. The highest BCUT2D eigenvalue weighted by atomic mass is 16.6. The Hall–Kier alpha value is -2.24. The van der Waals surface area contributed by atoms with Gasteiger partial charge in [-0.05, 0) is 12.1 Å². The highest BCUT2D eigenvalue weighted by Crippen LogP contribution is 2.36. The van der Waals surface area contributed by atoms with Crippen molar-refractivity contribution in [3.05, 3.63) is 12.1 Å². The van der Waals surface area contributed by atoms with Crippen molar-refractivity contribution in [1.82, 2.24) is 9.97 Å². The summed E-state index contributed by atoms with van der Waals surface area (Å²) in [5.41, 5.74) is 1.20. The molecule has 0 fully saturated rings. The molecule has 0 saturated heterocycles. The number of methoxy groups -OCH3 is 2. The average Bonchev–Trinajstić information content (AvgIpc) is 2.44. The van der Waals surface area contributed by atoms with Crippen LogP contribution in [0.3, 0.4) is 0 Å². The zero-order valence-corrected chi connectivity index (χ0v) is 10.1. The van der Waals surface area contributed by atoms with Gasteiger partial charge in [0.25, 0.3) is 11.8 Å². The number of nitrogens with zero attached hydrogens (tertiary/aromatic N) is 2. The predicted molar refractivity (Wildman–Crippen MR) is 63.6 cm³/mol. The minimum Gasteiger partial charge on any atom is -0.494 e. The van der Waals surface area contributed by atoms with Gasteiger partial charge in [-0.15, -0.1) is 0 Å². The number of fused-ring (bicyclic) bond motifs is 2. The van der Waals surface area contributed by atoms with Crippen molar-refractivity contribution in [2.45, 2.75) is 0 Å². The summed E-state index contributed by atoms with van der Waals surface area (Å²) in [4.78, 5) is 8.76. The highest BCUT2D eigenvalue weighted by Gasteiger charge is 2.20. The summed E-state index contributed by atoms with van der Waals surface area (Å²) >= 11 is 0. The van der Waals surface area contributed by atoms with Crippen LogP contribution in [-0.2, 0) is 0 Å². The van der Waals surface area contributed by atoms with Crippen molar-refractivity contribution in [3.8, 4) is 23.3 Å². The van der Waals surface area contributed by atoms with Crippen molar-refractivity contribution in [1.29, 1.82) is 0 Å². The smallest absolute Gasteiger partial charge is 0.278 e. The normalized spacial score (nSPS) is 13.4. The van der Waals surface area contributed by atoms with Gasteiger partial charge in [0, 0.05) is 0 Å². The average molecular weight is 248 g/mol. The Morgan fingerprint density at radius 1 is 0.889 bits per heavy atom. The molecular formula is C12H12N2O4. The Bertz CT molecular complexity index is 548. The molecule has 1 aliphatic heterocycles. The number of hydrogen-bond acceptors (Lipinski definition) is 6. The molecule has 0 bridgehead atoms. The maximum atomic E-state index is 5.41. The van der Waals surface area contributed by atoms with Crippen LogP contribution < -0.4 is 18.9 Å². The van der Waals surface area contributed by atoms with Crippen molar-refractivity contribution in [3.63, 3.8) is 0 Å². The van der Waals surface area contributed by atoms with Crippen LogP contribution in [0.4, 0.5) is 0 Å². The monoisotopic (exact) mass is 248 g/mol.